The number of halogens is 3. The lowest BCUT2D eigenvalue weighted by Gasteiger charge is -2.10. The van der Waals surface area contributed by atoms with Gasteiger partial charge in [0.2, 0.25) is 15.9 Å². The molecule has 0 aliphatic rings. The summed E-state index contributed by atoms with van der Waals surface area (Å²) in [5.41, 5.74) is 0.171. The molecule has 11 heteroatoms. The summed E-state index contributed by atoms with van der Waals surface area (Å²) >= 11 is 0. The molecule has 0 radical (unpaired) electrons. The summed E-state index contributed by atoms with van der Waals surface area (Å²) < 4.78 is 62.1. The number of rotatable bonds is 5. The van der Waals surface area contributed by atoms with E-state index in [1.54, 1.807) is 0 Å². The first-order valence-electron chi connectivity index (χ1n) is 10.1. The van der Waals surface area contributed by atoms with E-state index in [-0.39, 0.29) is 22.4 Å². The van der Waals surface area contributed by atoms with E-state index in [0.717, 1.165) is 12.1 Å². The lowest BCUT2D eigenvalue weighted by Crippen LogP contribution is -2.11. The quantitative estimate of drug-likeness (QED) is 0.355. The maximum atomic E-state index is 13.1. The monoisotopic (exact) mass is 501 g/mol. The molecule has 0 aliphatic carbocycles. The second kappa shape index (κ2) is 9.01. The summed E-state index contributed by atoms with van der Waals surface area (Å²) in [5, 5.41) is 15.9. The van der Waals surface area contributed by atoms with Crippen molar-refractivity contribution in [1.29, 1.82) is 0 Å². The Hall–Kier alpha value is -3.96. The predicted octanol–water partition coefficient (Wildman–Crippen LogP) is 4.19. The van der Waals surface area contributed by atoms with Gasteiger partial charge >= 0.3 is 6.18 Å². The minimum absolute atomic E-state index is 0.0448. The zero-order valence-electron chi connectivity index (χ0n) is 17.9. The number of hydrogen-bond donors (Lipinski definition) is 3. The minimum atomic E-state index is -4.51. The lowest BCUT2D eigenvalue weighted by atomic mass is 9.98. The molecule has 3 aromatic carbocycles. The van der Waals surface area contributed by atoms with Gasteiger partial charge in [0, 0.05) is 17.0 Å². The zero-order valence-corrected chi connectivity index (χ0v) is 18.7. The molecule has 35 heavy (non-hydrogen) atoms. The van der Waals surface area contributed by atoms with Gasteiger partial charge in [-0.2, -0.15) is 13.2 Å². The maximum Gasteiger partial charge on any atom is 0.416 e. The second-order valence-electron chi connectivity index (χ2n) is 7.71. The number of alkyl halides is 3. The van der Waals surface area contributed by atoms with Gasteiger partial charge in [0.15, 0.2) is 0 Å². The van der Waals surface area contributed by atoms with Crippen molar-refractivity contribution in [3.05, 3.63) is 93.8 Å². The Labute approximate surface area is 197 Å². The summed E-state index contributed by atoms with van der Waals surface area (Å²) in [4.78, 5) is 18.9. The molecule has 1 aromatic heterocycles. The number of primary sulfonamides is 1. The Kier molecular flexibility index (Phi) is 6.22. The van der Waals surface area contributed by atoms with E-state index in [1.807, 2.05) is 0 Å². The number of nitrogens with two attached hydrogens (primary N) is 1. The van der Waals surface area contributed by atoms with Crippen molar-refractivity contribution in [2.75, 3.05) is 0 Å². The van der Waals surface area contributed by atoms with Crippen LogP contribution in [0.15, 0.2) is 81.4 Å². The summed E-state index contributed by atoms with van der Waals surface area (Å²) in [6, 6.07) is 15.0. The van der Waals surface area contributed by atoms with Crippen LogP contribution in [0.3, 0.4) is 0 Å². The van der Waals surface area contributed by atoms with Gasteiger partial charge in [-0.1, -0.05) is 30.3 Å². The van der Waals surface area contributed by atoms with E-state index in [2.05, 4.69) is 9.98 Å². The summed E-state index contributed by atoms with van der Waals surface area (Å²) in [5.74, 6) is -0.447. The molecule has 7 nitrogen and oxygen atoms in total. The smallest absolute Gasteiger partial charge is 0.416 e. The molecule has 0 saturated heterocycles. The number of sulfonamides is 1. The third-order valence-electron chi connectivity index (χ3n) is 5.31. The van der Waals surface area contributed by atoms with Crippen LogP contribution in [-0.2, 0) is 22.7 Å². The van der Waals surface area contributed by atoms with Crippen LogP contribution in [0.2, 0.25) is 0 Å². The average Bonchev–Trinajstić information content (AvgIpc) is 2.80. The van der Waals surface area contributed by atoms with Gasteiger partial charge in [0.05, 0.1) is 22.6 Å². The van der Waals surface area contributed by atoms with Gasteiger partial charge < -0.3 is 5.11 Å². The third kappa shape index (κ3) is 5.26. The fraction of sp³-hybridized carbons (Fsp3) is 0.0833. The van der Waals surface area contributed by atoms with Crippen molar-refractivity contribution in [3.8, 4) is 17.0 Å². The molecule has 0 bridgehead atoms. The number of aromatic hydroxyl groups is 1. The highest BCUT2D eigenvalue weighted by molar-refractivity contribution is 7.89. The van der Waals surface area contributed by atoms with Crippen LogP contribution in [0, 0.1) is 0 Å². The van der Waals surface area contributed by atoms with Crippen molar-refractivity contribution in [2.24, 2.45) is 10.1 Å². The summed E-state index contributed by atoms with van der Waals surface area (Å²) in [6.07, 6.45) is -3.18. The number of benzene rings is 3. The van der Waals surface area contributed by atoms with E-state index in [1.165, 1.54) is 60.8 Å². The van der Waals surface area contributed by atoms with E-state index >= 15 is 0 Å². The SMILES string of the molecule is NS(=O)(=O)c1ccc(CN=Cc2c(O)[nH]c(=O)c3ccc(-c4cccc(C(F)(F)F)c4)cc23)cc1. The molecule has 0 aliphatic heterocycles. The number of aromatic amines is 1. The van der Waals surface area contributed by atoms with Gasteiger partial charge in [0.1, 0.15) is 0 Å². The number of pyridine rings is 1. The predicted molar refractivity (Wildman–Crippen MR) is 126 cm³/mol. The Bertz CT molecular complexity index is 1610. The molecular formula is C24H18F3N3O4S. The largest absolute Gasteiger partial charge is 0.494 e. The maximum absolute atomic E-state index is 13.1. The van der Waals surface area contributed by atoms with Crippen LogP contribution in [0.25, 0.3) is 21.9 Å². The fourth-order valence-electron chi connectivity index (χ4n) is 3.55. The van der Waals surface area contributed by atoms with Crippen LogP contribution >= 0.6 is 0 Å². The van der Waals surface area contributed by atoms with Gasteiger partial charge in [-0.05, 0) is 53.1 Å². The highest BCUT2D eigenvalue weighted by Crippen LogP contribution is 2.33. The number of H-pyrrole nitrogens is 1. The number of aromatic nitrogens is 1. The minimum Gasteiger partial charge on any atom is -0.494 e. The molecule has 4 aromatic rings. The molecule has 4 rings (SSSR count). The molecule has 0 spiro atoms. The number of hydrogen-bond acceptors (Lipinski definition) is 5. The third-order valence-corrected chi connectivity index (χ3v) is 6.24. The molecule has 180 valence electrons. The summed E-state index contributed by atoms with van der Waals surface area (Å²) in [6.45, 7) is 0.123. The second-order valence-corrected chi connectivity index (χ2v) is 9.28. The van der Waals surface area contributed by atoms with Crippen LogP contribution in [0.4, 0.5) is 13.2 Å². The van der Waals surface area contributed by atoms with Gasteiger partial charge in [-0.3, -0.25) is 14.8 Å². The molecule has 0 atom stereocenters. The van der Waals surface area contributed by atoms with Crippen LogP contribution < -0.4 is 10.7 Å². The van der Waals surface area contributed by atoms with Gasteiger partial charge in [-0.25, -0.2) is 13.6 Å². The molecule has 4 N–H and O–H groups in total. The van der Waals surface area contributed by atoms with E-state index in [4.69, 9.17) is 5.14 Å². The lowest BCUT2D eigenvalue weighted by molar-refractivity contribution is -0.137. The fourth-order valence-corrected chi connectivity index (χ4v) is 4.06. The highest BCUT2D eigenvalue weighted by atomic mass is 32.2. The van der Waals surface area contributed by atoms with Crippen LogP contribution in [-0.4, -0.2) is 24.7 Å². The summed E-state index contributed by atoms with van der Waals surface area (Å²) in [7, 11) is -3.82. The first-order chi connectivity index (χ1) is 16.4. The highest BCUT2D eigenvalue weighted by Gasteiger charge is 2.30. The average molecular weight is 501 g/mol. The van der Waals surface area contributed by atoms with E-state index < -0.39 is 33.2 Å². The van der Waals surface area contributed by atoms with Crippen LogP contribution in [0.1, 0.15) is 16.7 Å². The first-order valence-corrected chi connectivity index (χ1v) is 11.7. The normalized spacial score (nSPS) is 12.5. The molecule has 0 unspecified atom stereocenters. The first kappa shape index (κ1) is 24.2. The molecule has 0 amide bonds. The number of nitrogens with one attached hydrogen (secondary N) is 1. The number of fused-ring (bicyclic) bond motifs is 1. The van der Waals surface area contributed by atoms with E-state index in [9.17, 15) is 31.5 Å². The van der Waals surface area contributed by atoms with Crippen molar-refractivity contribution in [1.82, 2.24) is 4.98 Å². The van der Waals surface area contributed by atoms with Gasteiger partial charge in [0.25, 0.3) is 5.56 Å². The molecular weight excluding hydrogens is 483 g/mol. The Morgan fingerprint density at radius 3 is 2.31 bits per heavy atom. The number of nitrogens with zero attached hydrogens (tertiary/aromatic N) is 1. The van der Waals surface area contributed by atoms with Gasteiger partial charge in [-0.15, -0.1) is 0 Å². The standard InChI is InChI=1S/C24H18F3N3O4S/c25-24(26,27)17-3-1-2-15(10-17)16-6-9-19-20(11-16)21(23(32)30-22(19)31)13-29-12-14-4-7-18(8-5-14)35(28,33)34/h1-11,13H,12H2,(H2,28,33,34)(H2,30,31,32). The van der Waals surface area contributed by atoms with Crippen LogP contribution in [0.5, 0.6) is 5.88 Å². The molecule has 0 fully saturated rings. The Balaban J connectivity index is 1.72. The topological polar surface area (TPSA) is 126 Å². The van der Waals surface area contributed by atoms with Crippen molar-refractivity contribution >= 4 is 27.0 Å². The number of aliphatic imine (C=N–C) groups is 1. The van der Waals surface area contributed by atoms with Crippen molar-refractivity contribution < 1.29 is 26.7 Å². The molecule has 1 heterocycles. The van der Waals surface area contributed by atoms with Crippen molar-refractivity contribution in [3.63, 3.8) is 0 Å². The Morgan fingerprint density at radius 2 is 1.66 bits per heavy atom. The molecule has 0 saturated carbocycles. The zero-order chi connectivity index (χ0) is 25.4. The Morgan fingerprint density at radius 1 is 0.971 bits per heavy atom. The van der Waals surface area contributed by atoms with Crippen molar-refractivity contribution in [2.45, 2.75) is 17.6 Å². The van der Waals surface area contributed by atoms with E-state index in [0.29, 0.717) is 22.1 Å².